The van der Waals surface area contributed by atoms with Gasteiger partial charge >= 0.3 is 0 Å². The van der Waals surface area contributed by atoms with Crippen molar-refractivity contribution < 1.29 is 33.2 Å². The van der Waals surface area contributed by atoms with E-state index in [0.29, 0.717) is 99.0 Å². The molecule has 0 spiro atoms. The molecule has 0 atom stereocenters. The molecular formula is C17H37N5O7. The van der Waals surface area contributed by atoms with Crippen molar-refractivity contribution in [3.63, 3.8) is 0 Å². The van der Waals surface area contributed by atoms with Gasteiger partial charge in [-0.3, -0.25) is 10.9 Å². The Labute approximate surface area is 173 Å². The molecule has 0 aromatic heterocycles. The van der Waals surface area contributed by atoms with E-state index in [1.807, 2.05) is 7.05 Å². The third kappa shape index (κ3) is 26.9. The number of hydrazine groups is 1. The second kappa shape index (κ2) is 27.0. The largest absolute Gasteiger partial charge is 0.379 e. The first-order valence-electron chi connectivity index (χ1n) is 9.86. The lowest BCUT2D eigenvalue weighted by Crippen LogP contribution is -2.31. The Morgan fingerprint density at radius 1 is 0.586 bits per heavy atom. The fourth-order valence-corrected chi connectivity index (χ4v) is 1.82. The number of rotatable bonds is 25. The van der Waals surface area contributed by atoms with Gasteiger partial charge in [0.2, 0.25) is 0 Å². The van der Waals surface area contributed by atoms with Crippen LogP contribution >= 0.6 is 0 Å². The van der Waals surface area contributed by atoms with Gasteiger partial charge in [0.05, 0.1) is 92.5 Å². The van der Waals surface area contributed by atoms with Gasteiger partial charge < -0.3 is 33.2 Å². The summed E-state index contributed by atoms with van der Waals surface area (Å²) in [7, 11) is 1.82. The quantitative estimate of drug-likeness (QED) is 0.0690. The first-order valence-corrected chi connectivity index (χ1v) is 9.86. The van der Waals surface area contributed by atoms with Crippen LogP contribution in [0.5, 0.6) is 0 Å². The second-order valence-electron chi connectivity index (χ2n) is 5.42. The maximum absolute atomic E-state index is 8.09. The third-order valence-corrected chi connectivity index (χ3v) is 3.18. The number of nitrogens with one attached hydrogen (secondary N) is 2. The summed E-state index contributed by atoms with van der Waals surface area (Å²) in [5.41, 5.74) is 13.8. The Bertz CT molecular complexity index is 363. The van der Waals surface area contributed by atoms with E-state index in [4.69, 9.17) is 38.7 Å². The molecule has 2 N–H and O–H groups in total. The average Bonchev–Trinajstić information content (AvgIpc) is 2.74. The van der Waals surface area contributed by atoms with Gasteiger partial charge in [0.25, 0.3) is 0 Å². The summed E-state index contributed by atoms with van der Waals surface area (Å²) in [6.07, 6.45) is 0. The van der Waals surface area contributed by atoms with Crippen LogP contribution in [0.25, 0.3) is 10.4 Å². The van der Waals surface area contributed by atoms with E-state index in [1.54, 1.807) is 0 Å². The molecule has 0 rings (SSSR count). The molecule has 0 saturated heterocycles. The van der Waals surface area contributed by atoms with Crippen molar-refractivity contribution in [2.45, 2.75) is 0 Å². The van der Waals surface area contributed by atoms with Crippen LogP contribution in [0, 0.1) is 0 Å². The lowest BCUT2D eigenvalue weighted by molar-refractivity contribution is -0.0201. The Morgan fingerprint density at radius 2 is 0.931 bits per heavy atom. The van der Waals surface area contributed by atoms with Crippen molar-refractivity contribution in [1.29, 1.82) is 0 Å². The summed E-state index contributed by atoms with van der Waals surface area (Å²) in [6.45, 7) is 8.40. The van der Waals surface area contributed by atoms with E-state index < -0.39 is 0 Å². The van der Waals surface area contributed by atoms with E-state index in [0.717, 1.165) is 6.54 Å². The van der Waals surface area contributed by atoms with Gasteiger partial charge in [-0.05, 0) is 12.6 Å². The van der Waals surface area contributed by atoms with Gasteiger partial charge in [0.15, 0.2) is 0 Å². The predicted molar refractivity (Wildman–Crippen MR) is 107 cm³/mol. The summed E-state index contributed by atoms with van der Waals surface area (Å²) in [5.74, 6) is 0. The highest BCUT2D eigenvalue weighted by atomic mass is 16.6. The van der Waals surface area contributed by atoms with Crippen LogP contribution in [0.2, 0.25) is 0 Å². The molecule has 0 aliphatic carbocycles. The zero-order chi connectivity index (χ0) is 21.1. The minimum atomic E-state index is 0.337. The molecule has 0 fully saturated rings. The van der Waals surface area contributed by atoms with E-state index in [2.05, 4.69) is 20.9 Å². The SMILES string of the molecule is CNNCCOCCOCCOCCOCCOCCOCCOCCN=[N+]=[N-]. The van der Waals surface area contributed by atoms with Crippen LogP contribution in [0.15, 0.2) is 5.11 Å². The number of hydrogen-bond acceptors (Lipinski definition) is 10. The summed E-state index contributed by atoms with van der Waals surface area (Å²) < 4.78 is 37.4. The topological polar surface area (TPSA) is 137 Å². The standard InChI is InChI=1S/C17H37N5O7/c1-19-20-2-4-23-6-8-25-10-12-27-14-16-29-17-15-28-13-11-26-9-7-24-5-3-21-22-18/h19-20H,2-17H2,1H3. The molecule has 0 unspecified atom stereocenters. The summed E-state index contributed by atoms with van der Waals surface area (Å²) in [6, 6.07) is 0. The zero-order valence-corrected chi connectivity index (χ0v) is 17.5. The molecule has 0 heterocycles. The van der Waals surface area contributed by atoms with Gasteiger partial charge in [-0.25, -0.2) is 0 Å². The van der Waals surface area contributed by atoms with Crippen LogP contribution in [-0.2, 0) is 33.2 Å². The second-order valence-corrected chi connectivity index (χ2v) is 5.42. The highest BCUT2D eigenvalue weighted by molar-refractivity contribution is 4.44. The molecule has 12 nitrogen and oxygen atoms in total. The minimum Gasteiger partial charge on any atom is -0.379 e. The fraction of sp³-hybridized carbons (Fsp3) is 1.00. The first-order chi connectivity index (χ1) is 14.4. The van der Waals surface area contributed by atoms with Crippen LogP contribution in [0.4, 0.5) is 0 Å². The van der Waals surface area contributed by atoms with E-state index in [-0.39, 0.29) is 0 Å². The predicted octanol–water partition coefficient (Wildman–Crippen LogP) is 0.137. The average molecular weight is 424 g/mol. The summed E-state index contributed by atoms with van der Waals surface area (Å²) in [4.78, 5) is 2.63. The molecule has 0 aromatic rings. The van der Waals surface area contributed by atoms with Crippen molar-refractivity contribution in [3.05, 3.63) is 10.4 Å². The van der Waals surface area contributed by atoms with E-state index in [9.17, 15) is 0 Å². The van der Waals surface area contributed by atoms with Gasteiger partial charge in [-0.15, -0.1) is 0 Å². The van der Waals surface area contributed by atoms with Crippen molar-refractivity contribution in [2.75, 3.05) is 113 Å². The lowest BCUT2D eigenvalue weighted by atomic mass is 10.6. The van der Waals surface area contributed by atoms with Crippen LogP contribution in [-0.4, -0.2) is 113 Å². The third-order valence-electron chi connectivity index (χ3n) is 3.18. The number of azide groups is 1. The van der Waals surface area contributed by atoms with Crippen molar-refractivity contribution in [3.8, 4) is 0 Å². The maximum atomic E-state index is 8.09. The molecular weight excluding hydrogens is 386 g/mol. The summed E-state index contributed by atoms with van der Waals surface area (Å²) >= 11 is 0. The summed E-state index contributed by atoms with van der Waals surface area (Å²) in [5, 5.41) is 3.36. The van der Waals surface area contributed by atoms with E-state index in [1.165, 1.54) is 0 Å². The molecule has 0 amide bonds. The van der Waals surface area contributed by atoms with Crippen LogP contribution in [0.3, 0.4) is 0 Å². The normalized spacial score (nSPS) is 10.9. The Balaban J connectivity index is 2.99. The zero-order valence-electron chi connectivity index (χ0n) is 17.5. The highest BCUT2D eigenvalue weighted by Crippen LogP contribution is 1.85. The van der Waals surface area contributed by atoms with Gasteiger partial charge in [-0.2, -0.15) is 0 Å². The molecule has 172 valence electrons. The van der Waals surface area contributed by atoms with Crippen molar-refractivity contribution in [1.82, 2.24) is 10.9 Å². The Kier molecular flexibility index (Phi) is 26.0. The molecule has 12 heteroatoms. The van der Waals surface area contributed by atoms with Gasteiger partial charge in [0, 0.05) is 18.0 Å². The highest BCUT2D eigenvalue weighted by Gasteiger charge is 1.94. The minimum absolute atomic E-state index is 0.337. The number of nitrogens with zero attached hydrogens (tertiary/aromatic N) is 3. The van der Waals surface area contributed by atoms with Crippen LogP contribution < -0.4 is 10.9 Å². The Hall–Kier alpha value is -1.05. The molecule has 0 saturated carbocycles. The van der Waals surface area contributed by atoms with Crippen molar-refractivity contribution in [2.24, 2.45) is 5.11 Å². The van der Waals surface area contributed by atoms with Gasteiger partial charge in [0.1, 0.15) is 0 Å². The number of ether oxygens (including phenoxy) is 7. The molecule has 0 aliphatic heterocycles. The maximum Gasteiger partial charge on any atom is 0.0701 e. The smallest absolute Gasteiger partial charge is 0.0701 e. The molecule has 0 bridgehead atoms. The Morgan fingerprint density at radius 3 is 1.28 bits per heavy atom. The first kappa shape index (κ1) is 27.9. The van der Waals surface area contributed by atoms with Crippen LogP contribution in [0.1, 0.15) is 0 Å². The molecule has 0 radical (unpaired) electrons. The molecule has 0 aliphatic rings. The monoisotopic (exact) mass is 423 g/mol. The lowest BCUT2D eigenvalue weighted by Gasteiger charge is -2.08. The molecule has 0 aromatic carbocycles. The fourth-order valence-electron chi connectivity index (χ4n) is 1.82. The van der Waals surface area contributed by atoms with Gasteiger partial charge in [-0.1, -0.05) is 5.11 Å². The molecule has 29 heavy (non-hydrogen) atoms. The van der Waals surface area contributed by atoms with Crippen molar-refractivity contribution >= 4 is 0 Å². The number of hydrogen-bond donors (Lipinski definition) is 2. The van der Waals surface area contributed by atoms with E-state index >= 15 is 0 Å².